The van der Waals surface area contributed by atoms with E-state index in [0.717, 1.165) is 19.4 Å². The van der Waals surface area contributed by atoms with E-state index in [1.54, 1.807) is 11.3 Å². The first-order valence-corrected chi connectivity index (χ1v) is 7.22. The van der Waals surface area contributed by atoms with Gasteiger partial charge in [-0.1, -0.05) is 6.92 Å². The average Bonchev–Trinajstić information content (AvgIpc) is 2.56. The van der Waals surface area contributed by atoms with Gasteiger partial charge in [-0.25, -0.2) is 0 Å². The van der Waals surface area contributed by atoms with Crippen molar-refractivity contribution in [1.82, 2.24) is 5.32 Å². The van der Waals surface area contributed by atoms with Crippen LogP contribution in [0.3, 0.4) is 0 Å². The second kappa shape index (κ2) is 6.15. The molecule has 0 saturated carbocycles. The predicted octanol–water partition coefficient (Wildman–Crippen LogP) is 3.46. The Morgan fingerprint density at radius 3 is 2.69 bits per heavy atom. The molecule has 0 saturated heterocycles. The highest BCUT2D eigenvalue weighted by molar-refractivity contribution is 9.11. The van der Waals surface area contributed by atoms with Gasteiger partial charge in [-0.2, -0.15) is 0 Å². The Kier molecular flexibility index (Phi) is 5.44. The van der Waals surface area contributed by atoms with Crippen LogP contribution in [-0.2, 0) is 6.54 Å². The van der Waals surface area contributed by atoms with Gasteiger partial charge in [0.1, 0.15) is 0 Å². The first kappa shape index (κ1) is 14.2. The molecule has 2 nitrogen and oxygen atoms in total. The molecule has 1 aromatic rings. The van der Waals surface area contributed by atoms with Crippen LogP contribution in [0.5, 0.6) is 0 Å². The van der Waals surface area contributed by atoms with Crippen molar-refractivity contribution in [2.75, 3.05) is 6.61 Å². The summed E-state index contributed by atoms with van der Waals surface area (Å²) in [5.41, 5.74) is 1.33. The van der Waals surface area contributed by atoms with Gasteiger partial charge in [0.05, 0.1) is 3.79 Å². The quantitative estimate of drug-likeness (QED) is 0.843. The van der Waals surface area contributed by atoms with Crippen molar-refractivity contribution >= 4 is 27.3 Å². The molecule has 2 N–H and O–H groups in total. The van der Waals surface area contributed by atoms with Crippen molar-refractivity contribution < 1.29 is 5.11 Å². The van der Waals surface area contributed by atoms with Crippen LogP contribution >= 0.6 is 27.3 Å². The van der Waals surface area contributed by atoms with Gasteiger partial charge in [0.25, 0.3) is 0 Å². The van der Waals surface area contributed by atoms with Crippen molar-refractivity contribution in [2.45, 2.75) is 45.7 Å². The molecule has 16 heavy (non-hydrogen) atoms. The van der Waals surface area contributed by atoms with Crippen molar-refractivity contribution in [3.8, 4) is 0 Å². The van der Waals surface area contributed by atoms with E-state index in [-0.39, 0.29) is 12.1 Å². The zero-order valence-corrected chi connectivity index (χ0v) is 12.5. The van der Waals surface area contributed by atoms with Gasteiger partial charge >= 0.3 is 0 Å². The normalized spacial score (nSPS) is 15.1. The SMILES string of the molecule is CCC(C)(CCO)NCc1cc(C)c(Br)s1. The van der Waals surface area contributed by atoms with Crippen molar-refractivity contribution in [2.24, 2.45) is 0 Å². The lowest BCUT2D eigenvalue weighted by molar-refractivity contribution is 0.215. The minimum atomic E-state index is 0.0408. The molecule has 0 aliphatic carbocycles. The predicted molar refractivity (Wildman–Crippen MR) is 74.0 cm³/mol. The standard InChI is InChI=1S/C12H20BrNOS/c1-4-12(3,5-6-15)14-8-10-7-9(2)11(13)16-10/h7,14-15H,4-6,8H2,1-3H3. The van der Waals surface area contributed by atoms with E-state index in [4.69, 9.17) is 5.11 Å². The van der Waals surface area contributed by atoms with E-state index < -0.39 is 0 Å². The highest BCUT2D eigenvalue weighted by atomic mass is 79.9. The minimum Gasteiger partial charge on any atom is -0.396 e. The molecule has 1 aromatic heterocycles. The second-order valence-corrected chi connectivity index (χ2v) is 6.87. The van der Waals surface area contributed by atoms with E-state index in [1.807, 2.05) is 0 Å². The summed E-state index contributed by atoms with van der Waals surface area (Å²) in [6.45, 7) is 7.54. The van der Waals surface area contributed by atoms with E-state index in [0.29, 0.717) is 0 Å². The van der Waals surface area contributed by atoms with Gasteiger partial charge in [0, 0.05) is 23.6 Å². The fourth-order valence-electron chi connectivity index (χ4n) is 1.55. The van der Waals surface area contributed by atoms with Gasteiger partial charge in [-0.05, 0) is 54.2 Å². The van der Waals surface area contributed by atoms with Gasteiger partial charge in [-0.15, -0.1) is 11.3 Å². The molecular formula is C12H20BrNOS. The molecule has 0 radical (unpaired) electrons. The second-order valence-electron chi connectivity index (χ2n) is 4.41. The molecule has 1 rings (SSSR count). The van der Waals surface area contributed by atoms with Crippen LogP contribution in [0.1, 0.15) is 37.1 Å². The Hall–Kier alpha value is 0.1000. The zero-order valence-electron chi connectivity index (χ0n) is 10.1. The maximum absolute atomic E-state index is 9.03. The molecule has 0 aliphatic rings. The molecule has 1 atom stereocenters. The third-order valence-electron chi connectivity index (χ3n) is 3.04. The Labute approximate surface area is 110 Å². The number of thiophene rings is 1. The number of hydrogen-bond donors (Lipinski definition) is 2. The van der Waals surface area contributed by atoms with Crippen LogP contribution in [-0.4, -0.2) is 17.3 Å². The third-order valence-corrected chi connectivity index (χ3v) is 5.18. The molecule has 92 valence electrons. The van der Waals surface area contributed by atoms with Crippen molar-refractivity contribution in [1.29, 1.82) is 0 Å². The highest BCUT2D eigenvalue weighted by Crippen LogP contribution is 2.27. The minimum absolute atomic E-state index is 0.0408. The smallest absolute Gasteiger partial charge is 0.0730 e. The van der Waals surface area contributed by atoms with Crippen LogP contribution in [0.2, 0.25) is 0 Å². The van der Waals surface area contributed by atoms with E-state index in [2.05, 4.69) is 48.1 Å². The van der Waals surface area contributed by atoms with Crippen LogP contribution < -0.4 is 5.32 Å². The fourth-order valence-corrected chi connectivity index (χ4v) is 3.12. The number of rotatable bonds is 6. The number of halogens is 1. The topological polar surface area (TPSA) is 32.3 Å². The molecule has 0 fully saturated rings. The summed E-state index contributed by atoms with van der Waals surface area (Å²) in [5.74, 6) is 0. The number of nitrogens with one attached hydrogen (secondary N) is 1. The Balaban J connectivity index is 2.55. The number of hydrogen-bond acceptors (Lipinski definition) is 3. The Bertz CT molecular complexity index is 320. The largest absolute Gasteiger partial charge is 0.396 e. The van der Waals surface area contributed by atoms with Crippen LogP contribution in [0, 0.1) is 6.92 Å². The number of aryl methyl sites for hydroxylation is 1. The lowest BCUT2D eigenvalue weighted by Gasteiger charge is -2.28. The van der Waals surface area contributed by atoms with Gasteiger partial charge in [0.2, 0.25) is 0 Å². The van der Waals surface area contributed by atoms with Crippen LogP contribution in [0.25, 0.3) is 0 Å². The van der Waals surface area contributed by atoms with E-state index >= 15 is 0 Å². The molecule has 4 heteroatoms. The number of aliphatic hydroxyl groups excluding tert-OH is 1. The molecule has 1 unspecified atom stereocenters. The average molecular weight is 306 g/mol. The zero-order chi connectivity index (χ0) is 12.2. The molecule has 0 bridgehead atoms. The van der Waals surface area contributed by atoms with Crippen molar-refractivity contribution in [3.05, 3.63) is 20.3 Å². The maximum Gasteiger partial charge on any atom is 0.0730 e. The van der Waals surface area contributed by atoms with Gasteiger partial charge in [0.15, 0.2) is 0 Å². The molecule has 0 amide bonds. The lowest BCUT2D eigenvalue weighted by Crippen LogP contribution is -2.41. The first-order chi connectivity index (χ1) is 7.50. The molecule has 1 heterocycles. The summed E-state index contributed by atoms with van der Waals surface area (Å²) >= 11 is 5.31. The Morgan fingerprint density at radius 2 is 2.25 bits per heavy atom. The maximum atomic E-state index is 9.03. The number of aliphatic hydroxyl groups is 1. The van der Waals surface area contributed by atoms with E-state index in [1.165, 1.54) is 14.2 Å². The molecular weight excluding hydrogens is 286 g/mol. The van der Waals surface area contributed by atoms with Gasteiger partial charge < -0.3 is 10.4 Å². The van der Waals surface area contributed by atoms with Gasteiger partial charge in [-0.3, -0.25) is 0 Å². The summed E-state index contributed by atoms with van der Waals surface area (Å²) in [5, 5.41) is 12.6. The lowest BCUT2D eigenvalue weighted by atomic mass is 9.95. The fraction of sp³-hybridized carbons (Fsp3) is 0.667. The highest BCUT2D eigenvalue weighted by Gasteiger charge is 2.20. The molecule has 0 spiro atoms. The van der Waals surface area contributed by atoms with Crippen LogP contribution in [0.15, 0.2) is 9.85 Å². The molecule has 0 aromatic carbocycles. The Morgan fingerprint density at radius 1 is 1.56 bits per heavy atom. The third kappa shape index (κ3) is 3.84. The monoisotopic (exact) mass is 305 g/mol. The van der Waals surface area contributed by atoms with Crippen molar-refractivity contribution in [3.63, 3.8) is 0 Å². The summed E-state index contributed by atoms with van der Waals surface area (Å²) in [7, 11) is 0. The first-order valence-electron chi connectivity index (χ1n) is 5.61. The summed E-state index contributed by atoms with van der Waals surface area (Å²) in [6, 6.07) is 2.21. The summed E-state index contributed by atoms with van der Waals surface area (Å²) < 4.78 is 1.21. The summed E-state index contributed by atoms with van der Waals surface area (Å²) in [4.78, 5) is 1.34. The summed E-state index contributed by atoms with van der Waals surface area (Å²) in [6.07, 6.45) is 1.83. The van der Waals surface area contributed by atoms with E-state index in [9.17, 15) is 0 Å². The molecule has 0 aliphatic heterocycles. The van der Waals surface area contributed by atoms with Crippen LogP contribution in [0.4, 0.5) is 0 Å².